The van der Waals surface area contributed by atoms with E-state index in [0.29, 0.717) is 30.0 Å². The second-order valence-electron chi connectivity index (χ2n) is 4.93. The van der Waals surface area contributed by atoms with Crippen molar-refractivity contribution in [2.24, 2.45) is 5.73 Å². The average molecular weight is 276 g/mol. The Hall–Kier alpha value is -1.88. The molecule has 1 aliphatic heterocycles. The normalized spacial score (nSPS) is 19.3. The lowest BCUT2D eigenvalue weighted by atomic mass is 10.0. The summed E-state index contributed by atoms with van der Waals surface area (Å²) in [7, 11) is 0. The maximum absolute atomic E-state index is 12.3. The molecule has 5 nitrogen and oxygen atoms in total. The minimum atomic E-state index is -0.563. The zero-order valence-corrected chi connectivity index (χ0v) is 12.1. The summed E-state index contributed by atoms with van der Waals surface area (Å²) in [6, 6.07) is 4.56. The number of nitrogens with zero attached hydrogens (tertiary/aromatic N) is 1. The zero-order chi connectivity index (χ0) is 14.9. The summed E-state index contributed by atoms with van der Waals surface area (Å²) in [6.07, 6.45) is 0.174. The van der Waals surface area contributed by atoms with Gasteiger partial charge in [0.2, 0.25) is 0 Å². The first-order valence-electron chi connectivity index (χ1n) is 6.91. The Morgan fingerprint density at radius 3 is 2.70 bits per heavy atom. The molecular weight excluding hydrogens is 256 g/mol. The minimum absolute atomic E-state index is 0.0621. The molecule has 5 heteroatoms. The van der Waals surface area contributed by atoms with E-state index >= 15 is 0 Å². The van der Waals surface area contributed by atoms with Gasteiger partial charge in [0.05, 0.1) is 11.7 Å². The highest BCUT2D eigenvalue weighted by Gasteiger charge is 2.32. The summed E-state index contributed by atoms with van der Waals surface area (Å²) in [6.45, 7) is 6.00. The molecular formula is C15H20N2O3. The van der Waals surface area contributed by atoms with Crippen molar-refractivity contribution in [1.82, 2.24) is 0 Å². The first-order valence-corrected chi connectivity index (χ1v) is 6.91. The van der Waals surface area contributed by atoms with Gasteiger partial charge in [0.25, 0.3) is 5.91 Å². The number of likely N-dealkylation sites (N-methyl/N-ethyl adjacent to an activating group) is 1. The van der Waals surface area contributed by atoms with Gasteiger partial charge in [-0.2, -0.15) is 0 Å². The van der Waals surface area contributed by atoms with Gasteiger partial charge in [-0.05, 0) is 38.5 Å². The number of carbonyl (C=O) groups is 2. The molecule has 2 unspecified atom stereocenters. The fraction of sp³-hybridized carbons (Fsp3) is 0.467. The number of nitrogens with two attached hydrogens (primary N) is 1. The Morgan fingerprint density at radius 1 is 1.45 bits per heavy atom. The van der Waals surface area contributed by atoms with Crippen LogP contribution in [0.15, 0.2) is 18.2 Å². The van der Waals surface area contributed by atoms with Gasteiger partial charge in [0.15, 0.2) is 11.9 Å². The molecule has 108 valence electrons. The Morgan fingerprint density at radius 2 is 2.15 bits per heavy atom. The van der Waals surface area contributed by atoms with Crippen LogP contribution in [-0.2, 0) is 4.79 Å². The number of benzene rings is 1. The van der Waals surface area contributed by atoms with Gasteiger partial charge in [0.1, 0.15) is 5.75 Å². The van der Waals surface area contributed by atoms with Crippen LogP contribution in [0.5, 0.6) is 5.75 Å². The molecule has 1 heterocycles. The van der Waals surface area contributed by atoms with Gasteiger partial charge in [-0.1, -0.05) is 6.92 Å². The fourth-order valence-corrected chi connectivity index (χ4v) is 2.32. The Kier molecular flexibility index (Phi) is 4.09. The maximum atomic E-state index is 12.3. The largest absolute Gasteiger partial charge is 0.478 e. The summed E-state index contributed by atoms with van der Waals surface area (Å²) in [5.74, 6) is 0.432. The highest BCUT2D eigenvalue weighted by atomic mass is 16.5. The number of anilines is 1. The number of amides is 1. The van der Waals surface area contributed by atoms with Crippen molar-refractivity contribution in [1.29, 1.82) is 0 Å². The van der Waals surface area contributed by atoms with E-state index in [1.165, 1.54) is 0 Å². The quantitative estimate of drug-likeness (QED) is 0.850. The van der Waals surface area contributed by atoms with Crippen LogP contribution in [0.4, 0.5) is 5.69 Å². The van der Waals surface area contributed by atoms with Gasteiger partial charge in [-0.25, -0.2) is 0 Å². The van der Waals surface area contributed by atoms with Gasteiger partial charge < -0.3 is 15.4 Å². The van der Waals surface area contributed by atoms with Crippen LogP contribution in [0.3, 0.4) is 0 Å². The van der Waals surface area contributed by atoms with Crippen LogP contribution in [0.1, 0.15) is 37.6 Å². The van der Waals surface area contributed by atoms with Gasteiger partial charge in [0, 0.05) is 12.1 Å². The average Bonchev–Trinajstić information content (AvgIpc) is 2.45. The molecule has 1 aromatic rings. The number of ether oxygens (including phenoxy) is 1. The molecule has 1 aromatic carbocycles. The highest BCUT2D eigenvalue weighted by molar-refractivity contribution is 6.04. The summed E-state index contributed by atoms with van der Waals surface area (Å²) < 4.78 is 5.69. The fourth-order valence-electron chi connectivity index (χ4n) is 2.32. The van der Waals surface area contributed by atoms with Crippen molar-refractivity contribution in [3.8, 4) is 5.75 Å². The molecule has 1 aliphatic rings. The molecule has 0 saturated heterocycles. The number of Topliss-reactive ketones (excluding diaryl/α,β-unsaturated/α-hetero) is 1. The molecule has 2 N–H and O–H groups in total. The maximum Gasteiger partial charge on any atom is 0.268 e. The van der Waals surface area contributed by atoms with Crippen molar-refractivity contribution in [2.45, 2.75) is 39.3 Å². The van der Waals surface area contributed by atoms with Crippen LogP contribution in [-0.4, -0.2) is 30.4 Å². The van der Waals surface area contributed by atoms with E-state index in [4.69, 9.17) is 10.5 Å². The monoisotopic (exact) mass is 276 g/mol. The predicted molar refractivity (Wildman–Crippen MR) is 77.2 cm³/mol. The van der Waals surface area contributed by atoms with Crippen molar-refractivity contribution in [3.05, 3.63) is 23.8 Å². The Balaban J connectivity index is 2.45. The van der Waals surface area contributed by atoms with Crippen molar-refractivity contribution in [2.75, 3.05) is 11.4 Å². The number of rotatable bonds is 4. The van der Waals surface area contributed by atoms with Gasteiger partial charge in [-0.15, -0.1) is 0 Å². The van der Waals surface area contributed by atoms with E-state index in [9.17, 15) is 9.59 Å². The lowest BCUT2D eigenvalue weighted by molar-refractivity contribution is -0.126. The second-order valence-corrected chi connectivity index (χ2v) is 4.93. The molecule has 2 atom stereocenters. The molecule has 0 spiro atoms. The molecule has 0 fully saturated rings. The standard InChI is InChI=1S/C15H20N2O3/c1-4-12-15(19)17(5-2)11-8-10(14(18)9(3)16)6-7-13(11)20-12/h6-9,12H,4-5,16H2,1-3H3. The number of ketones is 1. The van der Waals surface area contributed by atoms with Crippen molar-refractivity contribution in [3.63, 3.8) is 0 Å². The van der Waals surface area contributed by atoms with E-state index in [1.807, 2.05) is 13.8 Å². The van der Waals surface area contributed by atoms with E-state index in [2.05, 4.69) is 0 Å². The number of fused-ring (bicyclic) bond motifs is 1. The van der Waals surface area contributed by atoms with E-state index in [-0.39, 0.29) is 11.7 Å². The molecule has 1 amide bonds. The zero-order valence-electron chi connectivity index (χ0n) is 12.1. The van der Waals surface area contributed by atoms with Crippen molar-refractivity contribution >= 4 is 17.4 Å². The molecule has 0 bridgehead atoms. The molecule has 0 aliphatic carbocycles. The summed E-state index contributed by atoms with van der Waals surface area (Å²) in [4.78, 5) is 25.9. The van der Waals surface area contributed by atoms with Crippen LogP contribution in [0.25, 0.3) is 0 Å². The molecule has 0 radical (unpaired) electrons. The summed E-state index contributed by atoms with van der Waals surface area (Å²) in [5, 5.41) is 0. The third-order valence-electron chi connectivity index (χ3n) is 3.45. The van der Waals surface area contributed by atoms with Gasteiger partial charge >= 0.3 is 0 Å². The summed E-state index contributed by atoms with van der Waals surface area (Å²) >= 11 is 0. The molecule has 0 saturated carbocycles. The van der Waals surface area contributed by atoms with Crippen LogP contribution < -0.4 is 15.4 Å². The lowest BCUT2D eigenvalue weighted by Gasteiger charge is -2.33. The SMILES string of the molecule is CCC1Oc2ccc(C(=O)C(C)N)cc2N(CC)C1=O. The molecule has 20 heavy (non-hydrogen) atoms. The van der Waals surface area contributed by atoms with E-state index in [1.54, 1.807) is 30.0 Å². The van der Waals surface area contributed by atoms with Crippen molar-refractivity contribution < 1.29 is 14.3 Å². The van der Waals surface area contributed by atoms with Gasteiger partial charge in [-0.3, -0.25) is 9.59 Å². The first-order chi connectivity index (χ1) is 9.49. The van der Waals surface area contributed by atoms with E-state index < -0.39 is 12.1 Å². The molecule has 2 rings (SSSR count). The number of hydrogen-bond acceptors (Lipinski definition) is 4. The number of carbonyl (C=O) groups excluding carboxylic acids is 2. The highest BCUT2D eigenvalue weighted by Crippen LogP contribution is 2.35. The van der Waals surface area contributed by atoms with Crippen LogP contribution in [0, 0.1) is 0 Å². The third-order valence-corrected chi connectivity index (χ3v) is 3.45. The Bertz CT molecular complexity index is 540. The Labute approximate surface area is 118 Å². The predicted octanol–water partition coefficient (Wildman–Crippen LogP) is 1.74. The number of hydrogen-bond donors (Lipinski definition) is 1. The van der Waals surface area contributed by atoms with E-state index in [0.717, 1.165) is 0 Å². The summed E-state index contributed by atoms with van der Waals surface area (Å²) in [5.41, 5.74) is 6.77. The van der Waals surface area contributed by atoms with Crippen LogP contribution >= 0.6 is 0 Å². The van der Waals surface area contributed by atoms with Crippen LogP contribution in [0.2, 0.25) is 0 Å². The first kappa shape index (κ1) is 14.5. The smallest absolute Gasteiger partial charge is 0.268 e. The lowest BCUT2D eigenvalue weighted by Crippen LogP contribution is -2.45. The topological polar surface area (TPSA) is 72.6 Å². The second kappa shape index (κ2) is 5.63. The minimum Gasteiger partial charge on any atom is -0.478 e. The molecule has 0 aromatic heterocycles. The third kappa shape index (κ3) is 2.41.